The van der Waals surface area contributed by atoms with Gasteiger partial charge in [-0.1, -0.05) is 20.3 Å². The molecule has 0 radical (unpaired) electrons. The fourth-order valence-corrected chi connectivity index (χ4v) is 2.38. The molecule has 6 unspecified atom stereocenters. The van der Waals surface area contributed by atoms with E-state index in [4.69, 9.17) is 11.5 Å². The quantitative estimate of drug-likeness (QED) is 0.166. The highest BCUT2D eigenvalue weighted by molar-refractivity contribution is 5.94. The number of aliphatic hydroxyl groups excluding tert-OH is 1. The third kappa shape index (κ3) is 9.18. The van der Waals surface area contributed by atoms with Crippen molar-refractivity contribution >= 4 is 29.6 Å². The zero-order chi connectivity index (χ0) is 23.6. The minimum atomic E-state index is -1.25. The molecule has 0 aliphatic carbocycles. The van der Waals surface area contributed by atoms with Gasteiger partial charge in [0.25, 0.3) is 0 Å². The topological polar surface area (TPSA) is 214 Å². The normalized spacial score (nSPS) is 16.9. The lowest BCUT2D eigenvalue weighted by molar-refractivity contribution is -0.144. The van der Waals surface area contributed by atoms with Gasteiger partial charge in [-0.05, 0) is 26.2 Å². The molecule has 0 aromatic carbocycles. The van der Waals surface area contributed by atoms with E-state index in [0.29, 0.717) is 6.42 Å². The van der Waals surface area contributed by atoms with E-state index in [2.05, 4.69) is 16.0 Å². The van der Waals surface area contributed by atoms with Crippen LogP contribution >= 0.6 is 0 Å². The molecule has 6 atom stereocenters. The maximum atomic E-state index is 12.6. The molecule has 9 N–H and O–H groups in total. The number of aliphatic hydroxyl groups is 1. The average Bonchev–Trinajstić information content (AvgIpc) is 2.66. The number of carboxylic acid groups (broad SMARTS) is 1. The Balaban J connectivity index is 5.25. The maximum Gasteiger partial charge on any atom is 0.326 e. The van der Waals surface area contributed by atoms with Crippen molar-refractivity contribution in [2.45, 2.75) is 77.2 Å². The van der Waals surface area contributed by atoms with Crippen LogP contribution in [-0.4, -0.2) is 70.1 Å². The zero-order valence-corrected chi connectivity index (χ0v) is 17.7. The summed E-state index contributed by atoms with van der Waals surface area (Å²) >= 11 is 0. The van der Waals surface area contributed by atoms with E-state index in [1.165, 1.54) is 13.8 Å². The van der Waals surface area contributed by atoms with E-state index in [1.54, 1.807) is 13.8 Å². The number of nitrogens with one attached hydrogen (secondary N) is 3. The first-order valence-electron chi connectivity index (χ1n) is 9.67. The fourth-order valence-electron chi connectivity index (χ4n) is 2.38. The Morgan fingerprint density at radius 3 is 1.93 bits per heavy atom. The van der Waals surface area contributed by atoms with Crippen LogP contribution in [0.1, 0.15) is 47.0 Å². The van der Waals surface area contributed by atoms with Crippen LogP contribution in [0.5, 0.6) is 0 Å². The lowest BCUT2D eigenvalue weighted by Gasteiger charge is -2.25. The highest BCUT2D eigenvalue weighted by atomic mass is 16.4. The first-order valence-corrected chi connectivity index (χ1v) is 9.67. The van der Waals surface area contributed by atoms with Crippen molar-refractivity contribution in [2.24, 2.45) is 17.4 Å². The van der Waals surface area contributed by atoms with Crippen molar-refractivity contribution < 1.29 is 34.2 Å². The van der Waals surface area contributed by atoms with Crippen molar-refractivity contribution in [1.82, 2.24) is 16.0 Å². The van der Waals surface area contributed by atoms with Crippen LogP contribution in [0.2, 0.25) is 0 Å². The van der Waals surface area contributed by atoms with E-state index >= 15 is 0 Å². The second-order valence-electron chi connectivity index (χ2n) is 7.27. The SMILES string of the molecule is CCC(C)C(NC(=O)C(CCC(N)=O)NC(=O)C(C)NC(=O)C(N)C(C)O)C(=O)O. The molecule has 0 aromatic rings. The minimum Gasteiger partial charge on any atom is -0.480 e. The van der Waals surface area contributed by atoms with Crippen molar-refractivity contribution in [1.29, 1.82) is 0 Å². The highest BCUT2D eigenvalue weighted by Gasteiger charge is 2.31. The van der Waals surface area contributed by atoms with E-state index < -0.39 is 59.9 Å². The third-order valence-corrected chi connectivity index (χ3v) is 4.66. The van der Waals surface area contributed by atoms with Gasteiger partial charge in [-0.3, -0.25) is 19.2 Å². The van der Waals surface area contributed by atoms with Crippen molar-refractivity contribution in [3.63, 3.8) is 0 Å². The predicted octanol–water partition coefficient (Wildman–Crippen LogP) is -2.43. The molecule has 0 spiro atoms. The van der Waals surface area contributed by atoms with E-state index in [-0.39, 0.29) is 18.8 Å². The summed E-state index contributed by atoms with van der Waals surface area (Å²) in [5.41, 5.74) is 10.6. The summed E-state index contributed by atoms with van der Waals surface area (Å²) in [7, 11) is 0. The summed E-state index contributed by atoms with van der Waals surface area (Å²) in [5, 5.41) is 25.7. The van der Waals surface area contributed by atoms with E-state index in [9.17, 15) is 34.2 Å². The Bertz CT molecular complexity index is 640. The number of nitrogens with two attached hydrogens (primary N) is 2. The van der Waals surface area contributed by atoms with Gasteiger partial charge >= 0.3 is 5.97 Å². The molecule has 0 heterocycles. The van der Waals surface area contributed by atoms with Gasteiger partial charge in [0.2, 0.25) is 23.6 Å². The first-order chi connectivity index (χ1) is 13.8. The van der Waals surface area contributed by atoms with Gasteiger partial charge in [-0.2, -0.15) is 0 Å². The minimum absolute atomic E-state index is 0.159. The largest absolute Gasteiger partial charge is 0.480 e. The smallest absolute Gasteiger partial charge is 0.326 e. The Morgan fingerprint density at radius 1 is 0.933 bits per heavy atom. The van der Waals surface area contributed by atoms with E-state index in [0.717, 1.165) is 0 Å². The standard InChI is InChI=1S/C18H33N5O7/c1-5-8(2)14(18(29)30)23-16(27)11(6-7-12(19)25)22-15(26)9(3)21-17(28)13(20)10(4)24/h8-11,13-14,24H,5-7,20H2,1-4H3,(H2,19,25)(H,21,28)(H,22,26)(H,23,27)(H,29,30). The second-order valence-corrected chi connectivity index (χ2v) is 7.27. The molecule has 0 bridgehead atoms. The number of carboxylic acids is 1. The molecule has 172 valence electrons. The van der Waals surface area contributed by atoms with Crippen molar-refractivity contribution in [3.05, 3.63) is 0 Å². The molecule has 0 saturated heterocycles. The highest BCUT2D eigenvalue weighted by Crippen LogP contribution is 2.09. The molecule has 30 heavy (non-hydrogen) atoms. The second kappa shape index (κ2) is 12.8. The first kappa shape index (κ1) is 27.3. The number of carbonyl (C=O) groups excluding carboxylic acids is 4. The number of hydrogen-bond donors (Lipinski definition) is 7. The summed E-state index contributed by atoms with van der Waals surface area (Å²) in [6.07, 6.45) is -1.04. The van der Waals surface area contributed by atoms with Crippen molar-refractivity contribution in [2.75, 3.05) is 0 Å². The van der Waals surface area contributed by atoms with Gasteiger partial charge in [-0.25, -0.2) is 4.79 Å². The Hall–Kier alpha value is -2.73. The molecule has 0 saturated carbocycles. The molecule has 0 fully saturated rings. The van der Waals surface area contributed by atoms with Crippen LogP contribution < -0.4 is 27.4 Å². The summed E-state index contributed by atoms with van der Waals surface area (Å²) in [6.45, 7) is 6.07. The zero-order valence-electron chi connectivity index (χ0n) is 17.7. The summed E-state index contributed by atoms with van der Waals surface area (Å²) in [5.74, 6) is -4.64. The van der Waals surface area contributed by atoms with Crippen molar-refractivity contribution in [3.8, 4) is 0 Å². The maximum absolute atomic E-state index is 12.6. The molecule has 12 nitrogen and oxygen atoms in total. The molecule has 0 aliphatic heterocycles. The monoisotopic (exact) mass is 431 g/mol. The number of primary amides is 1. The lowest BCUT2D eigenvalue weighted by Crippen LogP contribution is -2.57. The number of aliphatic carboxylic acids is 1. The summed E-state index contributed by atoms with van der Waals surface area (Å²) in [6, 6.07) is -4.80. The number of hydrogen-bond acceptors (Lipinski definition) is 7. The van der Waals surface area contributed by atoms with Gasteiger partial charge in [0.15, 0.2) is 0 Å². The molecular formula is C18H33N5O7. The van der Waals surface area contributed by atoms with E-state index in [1.807, 2.05) is 0 Å². The van der Waals surface area contributed by atoms with Gasteiger partial charge in [-0.15, -0.1) is 0 Å². The van der Waals surface area contributed by atoms with Gasteiger partial charge in [0, 0.05) is 6.42 Å². The Morgan fingerprint density at radius 2 is 1.50 bits per heavy atom. The fraction of sp³-hybridized carbons (Fsp3) is 0.722. The van der Waals surface area contributed by atoms with Crippen LogP contribution in [0.4, 0.5) is 0 Å². The summed E-state index contributed by atoms with van der Waals surface area (Å²) < 4.78 is 0. The molecule has 12 heteroatoms. The molecule has 0 aliphatic rings. The molecule has 0 aromatic heterocycles. The lowest BCUT2D eigenvalue weighted by atomic mass is 9.98. The van der Waals surface area contributed by atoms with Gasteiger partial charge < -0.3 is 37.6 Å². The molecular weight excluding hydrogens is 398 g/mol. The molecule has 0 rings (SSSR count). The van der Waals surface area contributed by atoms with Crippen LogP contribution in [0.25, 0.3) is 0 Å². The Labute approximate surface area is 175 Å². The molecule has 4 amide bonds. The van der Waals surface area contributed by atoms with Gasteiger partial charge in [0.1, 0.15) is 24.2 Å². The number of rotatable bonds is 13. The van der Waals surface area contributed by atoms with Gasteiger partial charge in [0.05, 0.1) is 6.10 Å². The van der Waals surface area contributed by atoms with Crippen LogP contribution in [0, 0.1) is 5.92 Å². The van der Waals surface area contributed by atoms with Crippen LogP contribution in [-0.2, 0) is 24.0 Å². The Kier molecular flexibility index (Phi) is 11.6. The third-order valence-electron chi connectivity index (χ3n) is 4.66. The average molecular weight is 431 g/mol. The summed E-state index contributed by atoms with van der Waals surface area (Å²) in [4.78, 5) is 59.4. The van der Waals surface area contributed by atoms with Crippen LogP contribution in [0.15, 0.2) is 0 Å². The number of amides is 4. The number of carbonyl (C=O) groups is 5. The predicted molar refractivity (Wildman–Crippen MR) is 107 cm³/mol. The van der Waals surface area contributed by atoms with Crippen LogP contribution in [0.3, 0.4) is 0 Å².